The van der Waals surface area contributed by atoms with Gasteiger partial charge in [0, 0.05) is 14.2 Å². The Bertz CT molecular complexity index is 200. The molecule has 1 rings (SSSR count). The summed E-state index contributed by atoms with van der Waals surface area (Å²) in [6, 6.07) is 7.27. The summed E-state index contributed by atoms with van der Waals surface area (Å²) in [6.07, 6.45) is 0. The molecule has 0 aliphatic rings. The minimum atomic E-state index is -0.00324. The lowest BCUT2D eigenvalue weighted by Crippen LogP contribution is -1.91. The Morgan fingerprint density at radius 2 is 1.31 bits per heavy atom. The number of aliphatic hydroxyl groups excluding tert-OH is 2. The van der Waals surface area contributed by atoms with E-state index >= 15 is 0 Å². The van der Waals surface area contributed by atoms with Gasteiger partial charge in [0.2, 0.25) is 0 Å². The van der Waals surface area contributed by atoms with Crippen LogP contribution in [0.3, 0.4) is 0 Å². The highest BCUT2D eigenvalue weighted by Crippen LogP contribution is 2.07. The minimum absolute atomic E-state index is 0.00324. The average molecular weight is 184 g/mol. The van der Waals surface area contributed by atoms with Crippen molar-refractivity contribution in [2.75, 3.05) is 14.2 Å². The number of hydrogen-bond donors (Lipinski definition) is 2. The van der Waals surface area contributed by atoms with Crippen LogP contribution in [0.4, 0.5) is 0 Å². The third kappa shape index (κ3) is 4.62. The van der Waals surface area contributed by atoms with Gasteiger partial charge in [0.15, 0.2) is 0 Å². The molecule has 0 aromatic heterocycles. The molecule has 0 atom stereocenters. The summed E-state index contributed by atoms with van der Waals surface area (Å²) in [4.78, 5) is 0. The number of aliphatic hydroxyl groups is 2. The first-order valence-corrected chi connectivity index (χ1v) is 3.98. The van der Waals surface area contributed by atoms with Crippen LogP contribution in [0.15, 0.2) is 24.3 Å². The number of hydrogen-bond acceptors (Lipinski definition) is 3. The van der Waals surface area contributed by atoms with Gasteiger partial charge in [0.05, 0.1) is 13.2 Å². The van der Waals surface area contributed by atoms with Crippen LogP contribution in [0, 0.1) is 0 Å². The topological polar surface area (TPSA) is 49.7 Å². The lowest BCUT2D eigenvalue weighted by Gasteiger charge is -2.01. The molecule has 0 fully saturated rings. The zero-order valence-electron chi connectivity index (χ0n) is 8.03. The van der Waals surface area contributed by atoms with E-state index < -0.39 is 0 Å². The normalized spacial score (nSPS) is 8.92. The Labute approximate surface area is 78.6 Å². The molecule has 3 nitrogen and oxygen atoms in total. The van der Waals surface area contributed by atoms with E-state index in [1.807, 2.05) is 12.1 Å². The van der Waals surface area contributed by atoms with Crippen LogP contribution in [0.2, 0.25) is 0 Å². The van der Waals surface area contributed by atoms with Crippen LogP contribution < -0.4 is 0 Å². The van der Waals surface area contributed by atoms with Gasteiger partial charge >= 0.3 is 0 Å². The quantitative estimate of drug-likeness (QED) is 0.719. The fourth-order valence-corrected chi connectivity index (χ4v) is 0.866. The summed E-state index contributed by atoms with van der Waals surface area (Å²) in [5.74, 6) is 0. The van der Waals surface area contributed by atoms with Gasteiger partial charge in [-0.2, -0.15) is 0 Å². The van der Waals surface area contributed by atoms with Crippen LogP contribution >= 0.6 is 0 Å². The maximum absolute atomic E-state index is 8.74. The van der Waals surface area contributed by atoms with E-state index in [0.717, 1.165) is 11.1 Å². The maximum atomic E-state index is 8.74. The van der Waals surface area contributed by atoms with Crippen LogP contribution in [0.25, 0.3) is 0 Å². The SMILES string of the molecule is COC.OCc1ccccc1CO. The van der Waals surface area contributed by atoms with Crippen molar-refractivity contribution in [1.29, 1.82) is 0 Å². The molecule has 3 heteroatoms. The van der Waals surface area contributed by atoms with Gasteiger partial charge in [0.1, 0.15) is 0 Å². The van der Waals surface area contributed by atoms with Crippen LogP contribution in [0.1, 0.15) is 11.1 Å². The van der Waals surface area contributed by atoms with Gasteiger partial charge in [-0.3, -0.25) is 0 Å². The largest absolute Gasteiger partial charge is 0.392 e. The number of rotatable bonds is 2. The van der Waals surface area contributed by atoms with Crippen molar-refractivity contribution < 1.29 is 14.9 Å². The molecule has 0 unspecified atom stereocenters. The van der Waals surface area contributed by atoms with E-state index in [9.17, 15) is 0 Å². The van der Waals surface area contributed by atoms with E-state index in [-0.39, 0.29) is 13.2 Å². The van der Waals surface area contributed by atoms with Crippen molar-refractivity contribution in [2.24, 2.45) is 0 Å². The van der Waals surface area contributed by atoms with Crippen LogP contribution in [0.5, 0.6) is 0 Å². The van der Waals surface area contributed by atoms with E-state index in [0.29, 0.717) is 0 Å². The van der Waals surface area contributed by atoms with Crippen molar-refractivity contribution in [3.63, 3.8) is 0 Å². The molecule has 13 heavy (non-hydrogen) atoms. The molecule has 0 heterocycles. The molecular weight excluding hydrogens is 168 g/mol. The van der Waals surface area contributed by atoms with E-state index in [1.54, 1.807) is 26.4 Å². The standard InChI is InChI=1S/C8H10O2.C2H6O/c9-5-7-3-1-2-4-8(7)6-10;1-3-2/h1-4,9-10H,5-6H2;1-2H3. The van der Waals surface area contributed by atoms with Gasteiger partial charge in [-0.05, 0) is 11.1 Å². The average Bonchev–Trinajstić information content (AvgIpc) is 2.19. The van der Waals surface area contributed by atoms with E-state index in [2.05, 4.69) is 4.74 Å². The molecule has 0 spiro atoms. The Morgan fingerprint density at radius 1 is 1.00 bits per heavy atom. The second kappa shape index (κ2) is 7.73. The van der Waals surface area contributed by atoms with Gasteiger partial charge in [-0.1, -0.05) is 24.3 Å². The van der Waals surface area contributed by atoms with Gasteiger partial charge in [0.25, 0.3) is 0 Å². The molecule has 0 saturated carbocycles. The van der Waals surface area contributed by atoms with Crippen molar-refractivity contribution >= 4 is 0 Å². The molecule has 1 aromatic carbocycles. The summed E-state index contributed by atoms with van der Waals surface area (Å²) in [7, 11) is 3.25. The zero-order valence-corrected chi connectivity index (χ0v) is 8.03. The number of benzene rings is 1. The molecule has 0 aliphatic carbocycles. The van der Waals surface area contributed by atoms with Gasteiger partial charge < -0.3 is 14.9 Å². The van der Waals surface area contributed by atoms with Crippen molar-refractivity contribution in [2.45, 2.75) is 13.2 Å². The van der Waals surface area contributed by atoms with Crippen LogP contribution in [-0.4, -0.2) is 24.4 Å². The Hall–Kier alpha value is -0.900. The summed E-state index contributed by atoms with van der Waals surface area (Å²) in [5.41, 5.74) is 1.59. The molecule has 1 aromatic rings. The monoisotopic (exact) mass is 184 g/mol. The first-order chi connectivity index (χ1) is 6.29. The molecule has 0 bridgehead atoms. The highest BCUT2D eigenvalue weighted by atomic mass is 16.4. The molecule has 2 N–H and O–H groups in total. The molecule has 0 aliphatic heterocycles. The zero-order chi connectivity index (χ0) is 10.1. The van der Waals surface area contributed by atoms with Crippen molar-refractivity contribution in [3.8, 4) is 0 Å². The van der Waals surface area contributed by atoms with Crippen molar-refractivity contribution in [3.05, 3.63) is 35.4 Å². The first-order valence-electron chi connectivity index (χ1n) is 3.98. The first kappa shape index (κ1) is 12.1. The van der Waals surface area contributed by atoms with Crippen LogP contribution in [-0.2, 0) is 18.0 Å². The second-order valence-corrected chi connectivity index (χ2v) is 2.49. The predicted octanol–water partition coefficient (Wildman–Crippen LogP) is 0.934. The number of methoxy groups -OCH3 is 1. The highest BCUT2D eigenvalue weighted by Gasteiger charge is 1.95. The highest BCUT2D eigenvalue weighted by molar-refractivity contribution is 5.25. The summed E-state index contributed by atoms with van der Waals surface area (Å²) in [5, 5.41) is 17.5. The van der Waals surface area contributed by atoms with E-state index in [1.165, 1.54) is 0 Å². The lowest BCUT2D eigenvalue weighted by molar-refractivity contribution is 0.260. The molecular formula is C10H16O3. The van der Waals surface area contributed by atoms with E-state index in [4.69, 9.17) is 10.2 Å². The lowest BCUT2D eigenvalue weighted by atomic mass is 10.1. The third-order valence-electron chi connectivity index (χ3n) is 1.46. The summed E-state index contributed by atoms with van der Waals surface area (Å²) >= 11 is 0. The Balaban J connectivity index is 0.000000424. The summed E-state index contributed by atoms with van der Waals surface area (Å²) < 4.78 is 4.25. The van der Waals surface area contributed by atoms with Gasteiger partial charge in [-0.25, -0.2) is 0 Å². The van der Waals surface area contributed by atoms with Crippen molar-refractivity contribution in [1.82, 2.24) is 0 Å². The Kier molecular flexibility index (Phi) is 7.20. The molecule has 0 amide bonds. The maximum Gasteiger partial charge on any atom is 0.0685 e. The summed E-state index contributed by atoms with van der Waals surface area (Å²) in [6.45, 7) is -0.00648. The smallest absolute Gasteiger partial charge is 0.0685 e. The predicted molar refractivity (Wildman–Crippen MR) is 51.2 cm³/mol. The number of ether oxygens (including phenoxy) is 1. The second-order valence-electron chi connectivity index (χ2n) is 2.49. The Morgan fingerprint density at radius 3 is 1.54 bits per heavy atom. The molecule has 0 radical (unpaired) electrons. The fourth-order valence-electron chi connectivity index (χ4n) is 0.866. The fraction of sp³-hybridized carbons (Fsp3) is 0.400. The molecule has 74 valence electrons. The third-order valence-corrected chi connectivity index (χ3v) is 1.46. The molecule has 0 saturated heterocycles. The minimum Gasteiger partial charge on any atom is -0.392 e. The van der Waals surface area contributed by atoms with Gasteiger partial charge in [-0.15, -0.1) is 0 Å².